The molecular weight excluding hydrogens is 240 g/mol. The number of halogens is 1. The zero-order valence-electron chi connectivity index (χ0n) is 7.92. The van der Waals surface area contributed by atoms with Gasteiger partial charge in [0, 0.05) is 28.3 Å². The standard InChI is InChI=1S/C11H11BrN2/c1-2-13-11-5-6-14-10-4-3-8(12)7-9(10)11/h3-7H,2H2,1H3,(H,13,14). The third kappa shape index (κ3) is 1.73. The van der Waals surface area contributed by atoms with E-state index in [1.807, 2.05) is 24.4 Å². The van der Waals surface area contributed by atoms with E-state index in [-0.39, 0.29) is 0 Å². The van der Waals surface area contributed by atoms with Gasteiger partial charge in [0.25, 0.3) is 0 Å². The maximum atomic E-state index is 4.30. The van der Waals surface area contributed by atoms with Crippen molar-refractivity contribution >= 4 is 32.5 Å². The van der Waals surface area contributed by atoms with Crippen LogP contribution in [0.5, 0.6) is 0 Å². The molecule has 0 aliphatic carbocycles. The zero-order chi connectivity index (χ0) is 9.97. The first kappa shape index (κ1) is 9.46. The van der Waals surface area contributed by atoms with Gasteiger partial charge in [-0.25, -0.2) is 0 Å². The Morgan fingerprint density at radius 2 is 2.21 bits per heavy atom. The van der Waals surface area contributed by atoms with Crippen molar-refractivity contribution in [2.24, 2.45) is 0 Å². The molecule has 0 saturated carbocycles. The Bertz CT molecular complexity index is 454. The van der Waals surface area contributed by atoms with Gasteiger partial charge in [-0.2, -0.15) is 0 Å². The number of anilines is 1. The number of aromatic nitrogens is 1. The van der Waals surface area contributed by atoms with Crippen molar-refractivity contribution in [1.82, 2.24) is 4.98 Å². The van der Waals surface area contributed by atoms with E-state index in [4.69, 9.17) is 0 Å². The summed E-state index contributed by atoms with van der Waals surface area (Å²) < 4.78 is 1.08. The predicted molar refractivity (Wildman–Crippen MR) is 63.6 cm³/mol. The minimum atomic E-state index is 0.922. The first-order chi connectivity index (χ1) is 6.81. The highest BCUT2D eigenvalue weighted by Gasteiger charge is 2.00. The van der Waals surface area contributed by atoms with Crippen LogP contribution in [0.1, 0.15) is 6.92 Å². The molecule has 2 rings (SSSR count). The molecular formula is C11H11BrN2. The number of hydrogen-bond acceptors (Lipinski definition) is 2. The summed E-state index contributed by atoms with van der Waals surface area (Å²) in [5, 5.41) is 4.47. The normalized spacial score (nSPS) is 10.4. The van der Waals surface area contributed by atoms with E-state index in [1.54, 1.807) is 0 Å². The monoisotopic (exact) mass is 250 g/mol. The number of pyridine rings is 1. The molecule has 1 N–H and O–H groups in total. The lowest BCUT2D eigenvalue weighted by Gasteiger charge is -2.06. The van der Waals surface area contributed by atoms with E-state index < -0.39 is 0 Å². The Labute approximate surface area is 91.5 Å². The first-order valence-corrected chi connectivity index (χ1v) is 5.38. The second kappa shape index (κ2) is 3.96. The van der Waals surface area contributed by atoms with E-state index in [0.717, 1.165) is 27.6 Å². The summed E-state index contributed by atoms with van der Waals surface area (Å²) in [5.74, 6) is 0. The third-order valence-corrected chi connectivity index (χ3v) is 2.56. The molecule has 0 spiro atoms. The van der Waals surface area contributed by atoms with E-state index in [9.17, 15) is 0 Å². The lowest BCUT2D eigenvalue weighted by atomic mass is 10.2. The third-order valence-electron chi connectivity index (χ3n) is 2.07. The van der Waals surface area contributed by atoms with Gasteiger partial charge in [-0.1, -0.05) is 15.9 Å². The largest absolute Gasteiger partial charge is 0.385 e. The van der Waals surface area contributed by atoms with Crippen molar-refractivity contribution in [3.05, 3.63) is 34.9 Å². The minimum absolute atomic E-state index is 0.922. The van der Waals surface area contributed by atoms with Gasteiger partial charge < -0.3 is 5.32 Å². The summed E-state index contributed by atoms with van der Waals surface area (Å²) in [6, 6.07) is 8.10. The molecule has 0 unspecified atom stereocenters. The summed E-state index contributed by atoms with van der Waals surface area (Å²) in [4.78, 5) is 4.30. The summed E-state index contributed by atoms with van der Waals surface area (Å²) >= 11 is 3.46. The number of nitrogens with zero attached hydrogens (tertiary/aromatic N) is 1. The molecule has 72 valence electrons. The average Bonchev–Trinajstić information content (AvgIpc) is 2.19. The molecule has 0 bridgehead atoms. The number of hydrogen-bond donors (Lipinski definition) is 1. The van der Waals surface area contributed by atoms with Crippen LogP contribution in [-0.2, 0) is 0 Å². The molecule has 14 heavy (non-hydrogen) atoms. The van der Waals surface area contributed by atoms with E-state index in [0.29, 0.717) is 0 Å². The highest BCUT2D eigenvalue weighted by Crippen LogP contribution is 2.24. The quantitative estimate of drug-likeness (QED) is 0.884. The lowest BCUT2D eigenvalue weighted by Crippen LogP contribution is -1.97. The Kier molecular flexibility index (Phi) is 2.68. The maximum Gasteiger partial charge on any atom is 0.0723 e. The van der Waals surface area contributed by atoms with Gasteiger partial charge in [-0.15, -0.1) is 0 Å². The molecule has 2 nitrogen and oxygen atoms in total. The highest BCUT2D eigenvalue weighted by molar-refractivity contribution is 9.10. The number of benzene rings is 1. The maximum absolute atomic E-state index is 4.30. The number of fused-ring (bicyclic) bond motifs is 1. The van der Waals surface area contributed by atoms with Crippen LogP contribution in [0.3, 0.4) is 0 Å². The SMILES string of the molecule is CCNc1ccnc2ccc(Br)cc12. The fourth-order valence-electron chi connectivity index (χ4n) is 1.46. The lowest BCUT2D eigenvalue weighted by molar-refractivity contribution is 1.21. The van der Waals surface area contributed by atoms with Crippen LogP contribution in [0.15, 0.2) is 34.9 Å². The first-order valence-electron chi connectivity index (χ1n) is 4.59. The molecule has 2 aromatic rings. The molecule has 1 aromatic heterocycles. The topological polar surface area (TPSA) is 24.9 Å². The summed E-state index contributed by atoms with van der Waals surface area (Å²) in [6.45, 7) is 3.01. The second-order valence-corrected chi connectivity index (χ2v) is 3.97. The van der Waals surface area contributed by atoms with E-state index in [1.165, 1.54) is 0 Å². The molecule has 0 fully saturated rings. The molecule has 1 heterocycles. The van der Waals surface area contributed by atoms with E-state index in [2.05, 4.69) is 39.2 Å². The molecule has 1 aromatic carbocycles. The van der Waals surface area contributed by atoms with Gasteiger partial charge in [0.2, 0.25) is 0 Å². The van der Waals surface area contributed by atoms with Crippen LogP contribution in [0.25, 0.3) is 10.9 Å². The fraction of sp³-hybridized carbons (Fsp3) is 0.182. The average molecular weight is 251 g/mol. The van der Waals surface area contributed by atoms with Gasteiger partial charge in [0.05, 0.1) is 5.52 Å². The van der Waals surface area contributed by atoms with Crippen LogP contribution < -0.4 is 5.32 Å². The van der Waals surface area contributed by atoms with Crippen LogP contribution in [0.2, 0.25) is 0 Å². The van der Waals surface area contributed by atoms with Gasteiger partial charge in [-0.05, 0) is 31.2 Å². The predicted octanol–water partition coefficient (Wildman–Crippen LogP) is 3.43. The molecule has 0 aliphatic rings. The summed E-state index contributed by atoms with van der Waals surface area (Å²) in [7, 11) is 0. The van der Waals surface area contributed by atoms with Crippen molar-refractivity contribution in [2.45, 2.75) is 6.92 Å². The molecule has 0 atom stereocenters. The number of rotatable bonds is 2. The number of nitrogens with one attached hydrogen (secondary N) is 1. The second-order valence-electron chi connectivity index (χ2n) is 3.05. The van der Waals surface area contributed by atoms with Crippen molar-refractivity contribution < 1.29 is 0 Å². The van der Waals surface area contributed by atoms with Crippen LogP contribution in [-0.4, -0.2) is 11.5 Å². The fourth-order valence-corrected chi connectivity index (χ4v) is 1.82. The van der Waals surface area contributed by atoms with Crippen LogP contribution >= 0.6 is 15.9 Å². The molecule has 0 saturated heterocycles. The Balaban J connectivity index is 2.64. The van der Waals surface area contributed by atoms with Crippen molar-refractivity contribution in [3.63, 3.8) is 0 Å². The zero-order valence-corrected chi connectivity index (χ0v) is 9.51. The van der Waals surface area contributed by atoms with Gasteiger partial charge in [0.15, 0.2) is 0 Å². The van der Waals surface area contributed by atoms with Crippen LogP contribution in [0, 0.1) is 0 Å². The van der Waals surface area contributed by atoms with Crippen molar-refractivity contribution in [3.8, 4) is 0 Å². The molecule has 0 radical (unpaired) electrons. The van der Waals surface area contributed by atoms with Gasteiger partial charge >= 0.3 is 0 Å². The Morgan fingerprint density at radius 1 is 1.36 bits per heavy atom. The highest BCUT2D eigenvalue weighted by atomic mass is 79.9. The molecule has 0 aliphatic heterocycles. The van der Waals surface area contributed by atoms with Gasteiger partial charge in [0.1, 0.15) is 0 Å². The smallest absolute Gasteiger partial charge is 0.0723 e. The Hall–Kier alpha value is -1.09. The van der Waals surface area contributed by atoms with Gasteiger partial charge in [-0.3, -0.25) is 4.98 Å². The van der Waals surface area contributed by atoms with Crippen molar-refractivity contribution in [2.75, 3.05) is 11.9 Å². The summed E-state index contributed by atoms with van der Waals surface area (Å²) in [6.07, 6.45) is 1.83. The minimum Gasteiger partial charge on any atom is -0.385 e. The summed E-state index contributed by atoms with van der Waals surface area (Å²) in [5.41, 5.74) is 2.16. The molecule has 3 heteroatoms. The molecule has 0 amide bonds. The van der Waals surface area contributed by atoms with E-state index >= 15 is 0 Å². The van der Waals surface area contributed by atoms with Crippen molar-refractivity contribution in [1.29, 1.82) is 0 Å². The Morgan fingerprint density at radius 3 is 3.00 bits per heavy atom. The van der Waals surface area contributed by atoms with Crippen LogP contribution in [0.4, 0.5) is 5.69 Å².